The van der Waals surface area contributed by atoms with Gasteiger partial charge in [-0.25, -0.2) is 0 Å². The van der Waals surface area contributed by atoms with Crippen molar-refractivity contribution < 1.29 is 5.11 Å². The molecule has 0 radical (unpaired) electrons. The van der Waals surface area contributed by atoms with E-state index in [0.717, 1.165) is 12.0 Å². The molecule has 0 spiro atoms. The van der Waals surface area contributed by atoms with Gasteiger partial charge in [-0.1, -0.05) is 13.8 Å². The number of hydrogen-bond donors (Lipinski definition) is 1. The summed E-state index contributed by atoms with van der Waals surface area (Å²) >= 11 is 0. The zero-order valence-electron chi connectivity index (χ0n) is 12.3. The summed E-state index contributed by atoms with van der Waals surface area (Å²) in [7, 11) is 0. The molecule has 0 fully saturated rings. The largest absolute Gasteiger partial charge is 0.388 e. The summed E-state index contributed by atoms with van der Waals surface area (Å²) in [5, 5.41) is 10.4. The second kappa shape index (κ2) is 5.22. The van der Waals surface area contributed by atoms with Crippen LogP contribution in [0.3, 0.4) is 0 Å². The van der Waals surface area contributed by atoms with Crippen LogP contribution in [-0.4, -0.2) is 5.11 Å². The van der Waals surface area contributed by atoms with Gasteiger partial charge < -0.3 is 5.11 Å². The Morgan fingerprint density at radius 1 is 0.765 bits per heavy atom. The summed E-state index contributed by atoms with van der Waals surface area (Å²) in [5.74, 6) is 0.519. The first-order chi connectivity index (χ1) is 7.77. The SMILES string of the molecule is Cc1c(C)c(C)c(C(O)CC(C)C)c(C)c1C. The van der Waals surface area contributed by atoms with E-state index in [4.69, 9.17) is 0 Å². The average molecular weight is 234 g/mol. The van der Waals surface area contributed by atoms with Crippen LogP contribution in [0.1, 0.15) is 59.8 Å². The molecule has 0 aliphatic carbocycles. The Morgan fingerprint density at radius 3 is 1.47 bits per heavy atom. The molecule has 17 heavy (non-hydrogen) atoms. The van der Waals surface area contributed by atoms with Gasteiger partial charge in [0.05, 0.1) is 6.10 Å². The van der Waals surface area contributed by atoms with Crippen LogP contribution in [0.4, 0.5) is 0 Å². The van der Waals surface area contributed by atoms with Crippen LogP contribution in [-0.2, 0) is 0 Å². The molecule has 1 nitrogen and oxygen atoms in total. The third kappa shape index (κ3) is 2.71. The monoisotopic (exact) mass is 234 g/mol. The van der Waals surface area contributed by atoms with E-state index < -0.39 is 0 Å². The van der Waals surface area contributed by atoms with Crippen LogP contribution in [0.25, 0.3) is 0 Å². The molecular weight excluding hydrogens is 208 g/mol. The minimum Gasteiger partial charge on any atom is -0.388 e. The Kier molecular flexibility index (Phi) is 4.37. The summed E-state index contributed by atoms with van der Waals surface area (Å²) < 4.78 is 0. The highest BCUT2D eigenvalue weighted by atomic mass is 16.3. The second-order valence-corrected chi connectivity index (χ2v) is 5.68. The van der Waals surface area contributed by atoms with E-state index in [0.29, 0.717) is 5.92 Å². The summed E-state index contributed by atoms with van der Waals surface area (Å²) in [5.41, 5.74) is 7.69. The molecule has 1 heteroatoms. The van der Waals surface area contributed by atoms with Crippen LogP contribution in [0.2, 0.25) is 0 Å². The van der Waals surface area contributed by atoms with Gasteiger partial charge in [-0.05, 0) is 80.3 Å². The topological polar surface area (TPSA) is 20.2 Å². The number of benzene rings is 1. The zero-order valence-corrected chi connectivity index (χ0v) is 12.3. The molecule has 1 N–H and O–H groups in total. The molecule has 0 heterocycles. The molecule has 1 atom stereocenters. The lowest BCUT2D eigenvalue weighted by atomic mass is 9.85. The third-order valence-electron chi connectivity index (χ3n) is 4.09. The molecule has 0 aromatic heterocycles. The smallest absolute Gasteiger partial charge is 0.0797 e. The maximum absolute atomic E-state index is 10.4. The molecule has 1 aromatic carbocycles. The van der Waals surface area contributed by atoms with Gasteiger partial charge in [0.15, 0.2) is 0 Å². The van der Waals surface area contributed by atoms with Crippen molar-refractivity contribution in [1.82, 2.24) is 0 Å². The van der Waals surface area contributed by atoms with Gasteiger partial charge in [0.2, 0.25) is 0 Å². The summed E-state index contributed by atoms with van der Waals surface area (Å²) in [6.45, 7) is 15.1. The van der Waals surface area contributed by atoms with Crippen LogP contribution in [0.15, 0.2) is 0 Å². The number of aliphatic hydroxyl groups excluding tert-OH is 1. The van der Waals surface area contributed by atoms with Crippen LogP contribution in [0, 0.1) is 40.5 Å². The molecule has 0 saturated carbocycles. The van der Waals surface area contributed by atoms with E-state index >= 15 is 0 Å². The first-order valence-corrected chi connectivity index (χ1v) is 6.52. The second-order valence-electron chi connectivity index (χ2n) is 5.68. The van der Waals surface area contributed by atoms with Crippen molar-refractivity contribution in [2.45, 2.75) is 61.0 Å². The van der Waals surface area contributed by atoms with Gasteiger partial charge >= 0.3 is 0 Å². The Morgan fingerprint density at radius 2 is 1.12 bits per heavy atom. The highest BCUT2D eigenvalue weighted by molar-refractivity contribution is 5.50. The lowest BCUT2D eigenvalue weighted by molar-refractivity contribution is 0.149. The molecule has 0 bridgehead atoms. The van der Waals surface area contributed by atoms with Gasteiger partial charge in [0, 0.05) is 0 Å². The molecule has 0 aliphatic heterocycles. The molecule has 1 unspecified atom stereocenters. The Bertz CT molecular complexity index is 387. The Labute approximate surface area is 106 Å². The molecule has 1 rings (SSSR count). The van der Waals surface area contributed by atoms with Crippen molar-refractivity contribution in [3.8, 4) is 0 Å². The third-order valence-corrected chi connectivity index (χ3v) is 4.09. The fourth-order valence-electron chi connectivity index (χ4n) is 2.59. The van der Waals surface area contributed by atoms with Gasteiger partial charge in [-0.3, -0.25) is 0 Å². The van der Waals surface area contributed by atoms with Crippen molar-refractivity contribution in [2.75, 3.05) is 0 Å². The number of hydrogen-bond acceptors (Lipinski definition) is 1. The maximum Gasteiger partial charge on any atom is 0.0797 e. The van der Waals surface area contributed by atoms with Crippen LogP contribution >= 0.6 is 0 Å². The fourth-order valence-corrected chi connectivity index (χ4v) is 2.59. The minimum absolute atomic E-state index is 0.326. The van der Waals surface area contributed by atoms with Crippen molar-refractivity contribution in [3.63, 3.8) is 0 Å². The zero-order chi connectivity index (χ0) is 13.3. The van der Waals surface area contributed by atoms with Gasteiger partial charge in [-0.2, -0.15) is 0 Å². The molecule has 1 aromatic rings. The van der Waals surface area contributed by atoms with Gasteiger partial charge in [0.25, 0.3) is 0 Å². The lowest BCUT2D eigenvalue weighted by Gasteiger charge is -2.23. The number of rotatable bonds is 3. The number of aliphatic hydroxyl groups is 1. The van der Waals surface area contributed by atoms with E-state index in [1.165, 1.54) is 27.8 Å². The first kappa shape index (κ1) is 14.2. The van der Waals surface area contributed by atoms with E-state index in [9.17, 15) is 5.11 Å². The first-order valence-electron chi connectivity index (χ1n) is 6.52. The Hall–Kier alpha value is -0.820. The molecule has 96 valence electrons. The highest BCUT2D eigenvalue weighted by Gasteiger charge is 2.19. The van der Waals surface area contributed by atoms with E-state index in [2.05, 4.69) is 48.5 Å². The predicted octanol–water partition coefficient (Wildman–Crippen LogP) is 4.31. The predicted molar refractivity (Wildman–Crippen MR) is 74.5 cm³/mol. The van der Waals surface area contributed by atoms with E-state index in [1.807, 2.05) is 0 Å². The van der Waals surface area contributed by atoms with Crippen LogP contribution < -0.4 is 0 Å². The normalized spacial score (nSPS) is 13.2. The Balaban J connectivity index is 3.33. The van der Waals surface area contributed by atoms with Crippen LogP contribution in [0.5, 0.6) is 0 Å². The minimum atomic E-state index is -0.326. The van der Waals surface area contributed by atoms with Crippen molar-refractivity contribution in [1.29, 1.82) is 0 Å². The van der Waals surface area contributed by atoms with E-state index in [-0.39, 0.29) is 6.10 Å². The van der Waals surface area contributed by atoms with E-state index in [1.54, 1.807) is 0 Å². The van der Waals surface area contributed by atoms with Crippen molar-refractivity contribution in [3.05, 3.63) is 33.4 Å². The average Bonchev–Trinajstić information content (AvgIpc) is 2.23. The van der Waals surface area contributed by atoms with Crippen molar-refractivity contribution >= 4 is 0 Å². The summed E-state index contributed by atoms with van der Waals surface area (Å²) in [4.78, 5) is 0. The summed E-state index contributed by atoms with van der Waals surface area (Å²) in [6, 6.07) is 0. The fraction of sp³-hybridized carbons (Fsp3) is 0.625. The standard InChI is InChI=1S/C16H26O/c1-9(2)8-15(17)16-13(6)11(4)10(3)12(5)14(16)7/h9,15,17H,8H2,1-7H3. The van der Waals surface area contributed by atoms with Crippen molar-refractivity contribution in [2.24, 2.45) is 5.92 Å². The highest BCUT2D eigenvalue weighted by Crippen LogP contribution is 2.33. The molecule has 0 amide bonds. The van der Waals surface area contributed by atoms with Gasteiger partial charge in [-0.15, -0.1) is 0 Å². The maximum atomic E-state index is 10.4. The molecule has 0 saturated heterocycles. The summed E-state index contributed by atoms with van der Waals surface area (Å²) in [6.07, 6.45) is 0.511. The molecular formula is C16H26O. The quantitative estimate of drug-likeness (QED) is 0.826. The van der Waals surface area contributed by atoms with Gasteiger partial charge in [0.1, 0.15) is 0 Å². The lowest BCUT2D eigenvalue weighted by Crippen LogP contribution is -2.10. The molecule has 0 aliphatic rings.